The molecule has 0 aliphatic carbocycles. The van der Waals surface area contributed by atoms with Crippen molar-refractivity contribution in [3.63, 3.8) is 0 Å². The van der Waals surface area contributed by atoms with Gasteiger partial charge in [0, 0.05) is 26.2 Å². The van der Waals surface area contributed by atoms with E-state index in [0.29, 0.717) is 17.9 Å². The first kappa shape index (κ1) is 19.2. The first-order valence-electron chi connectivity index (χ1n) is 9.07. The largest absolute Gasteiger partial charge is 0.483 e. The molecule has 0 unspecified atom stereocenters. The number of rotatable bonds is 7. The van der Waals surface area contributed by atoms with Gasteiger partial charge in [-0.15, -0.1) is 0 Å². The van der Waals surface area contributed by atoms with Gasteiger partial charge in [-0.05, 0) is 31.9 Å². The highest BCUT2D eigenvalue weighted by Gasteiger charge is 2.20. The van der Waals surface area contributed by atoms with Crippen molar-refractivity contribution in [1.29, 1.82) is 0 Å². The van der Waals surface area contributed by atoms with Crippen molar-refractivity contribution in [2.45, 2.75) is 32.6 Å². The number of carbonyl (C=O) groups is 2. The van der Waals surface area contributed by atoms with Gasteiger partial charge in [-0.1, -0.05) is 25.0 Å². The molecule has 6 nitrogen and oxygen atoms in total. The highest BCUT2D eigenvalue weighted by Crippen LogP contribution is 2.20. The molecule has 1 N–H and O–H groups in total. The standard InChI is InChI=1S/C19H28N2O4/c1-2-20(13-14-22)19(24)16-9-5-6-10-17(16)25-15-18(23)21-11-7-3-4-8-12-21/h5-6,9-10,22H,2-4,7-8,11-15H2,1H3. The van der Waals surface area contributed by atoms with Crippen LogP contribution in [0.15, 0.2) is 24.3 Å². The van der Waals surface area contributed by atoms with Gasteiger partial charge < -0.3 is 19.6 Å². The van der Waals surface area contributed by atoms with Crippen LogP contribution in [0.1, 0.15) is 43.0 Å². The molecule has 1 aromatic carbocycles. The van der Waals surface area contributed by atoms with Crippen molar-refractivity contribution in [2.24, 2.45) is 0 Å². The van der Waals surface area contributed by atoms with Crippen LogP contribution in [0.4, 0.5) is 0 Å². The van der Waals surface area contributed by atoms with E-state index in [-0.39, 0.29) is 31.6 Å². The molecule has 0 saturated carbocycles. The van der Waals surface area contributed by atoms with Crippen molar-refractivity contribution in [3.05, 3.63) is 29.8 Å². The Hall–Kier alpha value is -2.08. The monoisotopic (exact) mass is 348 g/mol. The lowest BCUT2D eigenvalue weighted by Crippen LogP contribution is -2.36. The minimum absolute atomic E-state index is 0.0353. The normalized spacial score (nSPS) is 14.7. The summed E-state index contributed by atoms with van der Waals surface area (Å²) < 4.78 is 5.69. The SMILES string of the molecule is CCN(CCO)C(=O)c1ccccc1OCC(=O)N1CCCCCC1. The van der Waals surface area contributed by atoms with Crippen LogP contribution < -0.4 is 4.74 Å². The minimum atomic E-state index is -0.200. The molecule has 1 heterocycles. The van der Waals surface area contributed by atoms with Crippen molar-refractivity contribution < 1.29 is 19.4 Å². The zero-order chi connectivity index (χ0) is 18.1. The molecule has 0 bridgehead atoms. The summed E-state index contributed by atoms with van der Waals surface area (Å²) in [5.41, 5.74) is 0.418. The molecular formula is C19H28N2O4. The first-order valence-corrected chi connectivity index (χ1v) is 9.07. The molecular weight excluding hydrogens is 320 g/mol. The molecule has 1 aliphatic rings. The maximum atomic E-state index is 12.6. The molecule has 2 amide bonds. The summed E-state index contributed by atoms with van der Waals surface area (Å²) in [6, 6.07) is 6.94. The fourth-order valence-corrected chi connectivity index (χ4v) is 3.01. The van der Waals surface area contributed by atoms with Gasteiger partial charge in [0.15, 0.2) is 6.61 Å². The van der Waals surface area contributed by atoms with E-state index in [1.54, 1.807) is 29.2 Å². The fourth-order valence-electron chi connectivity index (χ4n) is 3.01. The second-order valence-corrected chi connectivity index (χ2v) is 6.19. The molecule has 25 heavy (non-hydrogen) atoms. The summed E-state index contributed by atoms with van der Waals surface area (Å²) in [5.74, 6) is 0.174. The van der Waals surface area contributed by atoms with E-state index in [1.807, 2.05) is 11.8 Å². The molecule has 6 heteroatoms. The third kappa shape index (κ3) is 5.46. The smallest absolute Gasteiger partial charge is 0.260 e. The van der Waals surface area contributed by atoms with Crippen molar-refractivity contribution >= 4 is 11.8 Å². The maximum absolute atomic E-state index is 12.6. The number of amides is 2. The zero-order valence-corrected chi connectivity index (χ0v) is 14.9. The van der Waals surface area contributed by atoms with Crippen LogP contribution in [0.3, 0.4) is 0 Å². The number of hydrogen-bond donors (Lipinski definition) is 1. The quantitative estimate of drug-likeness (QED) is 0.817. The number of ether oxygens (including phenoxy) is 1. The number of aliphatic hydroxyl groups is 1. The molecule has 1 fully saturated rings. The van der Waals surface area contributed by atoms with Gasteiger partial charge in [0.1, 0.15) is 5.75 Å². The first-order chi connectivity index (χ1) is 12.2. The summed E-state index contributed by atoms with van der Waals surface area (Å²) in [5, 5.41) is 9.10. The summed E-state index contributed by atoms with van der Waals surface area (Å²) in [6.45, 7) is 4.05. The van der Waals surface area contributed by atoms with E-state index < -0.39 is 0 Å². The Morgan fingerprint density at radius 1 is 1.16 bits per heavy atom. The Morgan fingerprint density at radius 3 is 2.48 bits per heavy atom. The zero-order valence-electron chi connectivity index (χ0n) is 14.9. The molecule has 1 aromatic rings. The van der Waals surface area contributed by atoms with E-state index in [0.717, 1.165) is 25.9 Å². The molecule has 138 valence electrons. The lowest BCUT2D eigenvalue weighted by Gasteiger charge is -2.22. The van der Waals surface area contributed by atoms with Crippen LogP contribution in [-0.2, 0) is 4.79 Å². The Bertz CT molecular complexity index is 568. The van der Waals surface area contributed by atoms with Crippen LogP contribution in [0.25, 0.3) is 0 Å². The van der Waals surface area contributed by atoms with Gasteiger partial charge in [0.25, 0.3) is 11.8 Å². The third-order valence-corrected chi connectivity index (χ3v) is 4.47. The fraction of sp³-hybridized carbons (Fsp3) is 0.579. The van der Waals surface area contributed by atoms with E-state index in [2.05, 4.69) is 0 Å². The number of likely N-dealkylation sites (tertiary alicyclic amines) is 1. The Kier molecular flexibility index (Phi) is 7.73. The van der Waals surface area contributed by atoms with Crippen LogP contribution in [-0.4, -0.2) is 66.1 Å². The van der Waals surface area contributed by atoms with Crippen molar-refractivity contribution in [2.75, 3.05) is 39.4 Å². The highest BCUT2D eigenvalue weighted by atomic mass is 16.5. The number of hydrogen-bond acceptors (Lipinski definition) is 4. The number of benzene rings is 1. The van der Waals surface area contributed by atoms with Crippen LogP contribution in [0, 0.1) is 0 Å². The third-order valence-electron chi connectivity index (χ3n) is 4.47. The topological polar surface area (TPSA) is 70.1 Å². The number of para-hydroxylation sites is 1. The molecule has 1 saturated heterocycles. The van der Waals surface area contributed by atoms with Gasteiger partial charge in [-0.25, -0.2) is 0 Å². The van der Waals surface area contributed by atoms with Crippen LogP contribution in [0.2, 0.25) is 0 Å². The molecule has 0 spiro atoms. The summed E-state index contributed by atoms with van der Waals surface area (Å²) in [6.07, 6.45) is 4.40. The van der Waals surface area contributed by atoms with Crippen molar-refractivity contribution in [3.8, 4) is 5.75 Å². The average molecular weight is 348 g/mol. The number of nitrogens with zero attached hydrogens (tertiary/aromatic N) is 2. The number of likely N-dealkylation sites (N-methyl/N-ethyl adjacent to an activating group) is 1. The number of aliphatic hydroxyl groups excluding tert-OH is 1. The van der Waals surface area contributed by atoms with Crippen LogP contribution in [0.5, 0.6) is 5.75 Å². The second-order valence-electron chi connectivity index (χ2n) is 6.19. The molecule has 0 radical (unpaired) electrons. The number of carbonyl (C=O) groups excluding carboxylic acids is 2. The summed E-state index contributed by atoms with van der Waals surface area (Å²) >= 11 is 0. The molecule has 0 atom stereocenters. The Balaban J connectivity index is 2.02. The van der Waals surface area contributed by atoms with Gasteiger partial charge in [-0.2, -0.15) is 0 Å². The highest BCUT2D eigenvalue weighted by molar-refractivity contribution is 5.97. The van der Waals surface area contributed by atoms with E-state index in [1.165, 1.54) is 12.8 Å². The lowest BCUT2D eigenvalue weighted by atomic mass is 10.1. The Labute approximate surface area is 149 Å². The maximum Gasteiger partial charge on any atom is 0.260 e. The minimum Gasteiger partial charge on any atom is -0.483 e. The lowest BCUT2D eigenvalue weighted by molar-refractivity contribution is -0.133. The molecule has 1 aliphatic heterocycles. The van der Waals surface area contributed by atoms with Crippen molar-refractivity contribution in [1.82, 2.24) is 9.80 Å². The predicted octanol–water partition coefficient (Wildman–Crippen LogP) is 1.92. The van der Waals surface area contributed by atoms with E-state index in [9.17, 15) is 9.59 Å². The second kappa shape index (κ2) is 10.0. The average Bonchev–Trinajstić information content (AvgIpc) is 2.93. The van der Waals surface area contributed by atoms with Gasteiger partial charge in [0.2, 0.25) is 0 Å². The Morgan fingerprint density at radius 2 is 1.84 bits per heavy atom. The van der Waals surface area contributed by atoms with E-state index in [4.69, 9.17) is 9.84 Å². The molecule has 2 rings (SSSR count). The predicted molar refractivity (Wildman–Crippen MR) is 95.6 cm³/mol. The van der Waals surface area contributed by atoms with Gasteiger partial charge in [-0.3, -0.25) is 9.59 Å². The van der Waals surface area contributed by atoms with Gasteiger partial charge >= 0.3 is 0 Å². The van der Waals surface area contributed by atoms with E-state index >= 15 is 0 Å². The molecule has 0 aromatic heterocycles. The summed E-state index contributed by atoms with van der Waals surface area (Å²) in [4.78, 5) is 28.4. The van der Waals surface area contributed by atoms with Gasteiger partial charge in [0.05, 0.1) is 12.2 Å². The summed E-state index contributed by atoms with van der Waals surface area (Å²) in [7, 11) is 0. The van der Waals surface area contributed by atoms with Crippen LogP contribution >= 0.6 is 0 Å².